The zero-order valence-electron chi connectivity index (χ0n) is 9.40. The Morgan fingerprint density at radius 1 is 1.33 bits per heavy atom. The van der Waals surface area contributed by atoms with Gasteiger partial charge in [0.2, 0.25) is 0 Å². The molecular formula is C11H15NO3. The second kappa shape index (κ2) is 3.88. The predicted octanol–water partition coefficient (Wildman–Crippen LogP) is 2.90. The first-order chi connectivity index (χ1) is 6.86. The third-order valence-electron chi connectivity index (χ3n) is 2.21. The van der Waals surface area contributed by atoms with E-state index in [-0.39, 0.29) is 16.0 Å². The number of nitro benzene ring substituents is 1. The zero-order chi connectivity index (χ0) is 11.6. The summed E-state index contributed by atoms with van der Waals surface area (Å²) in [6.45, 7) is 5.84. The maximum Gasteiger partial charge on any atom is 0.276 e. The Labute approximate surface area is 89.0 Å². The minimum atomic E-state index is -0.372. The lowest BCUT2D eigenvalue weighted by molar-refractivity contribution is -0.386. The lowest BCUT2D eigenvalue weighted by Gasteiger charge is -2.18. The first-order valence-electron chi connectivity index (χ1n) is 4.69. The molecule has 0 aromatic heterocycles. The number of hydrogen-bond acceptors (Lipinski definition) is 3. The number of methoxy groups -OCH3 is 1. The average Bonchev–Trinajstić information content (AvgIpc) is 2.15. The van der Waals surface area contributed by atoms with Crippen molar-refractivity contribution in [1.29, 1.82) is 0 Å². The van der Waals surface area contributed by atoms with Crippen LogP contribution in [0.15, 0.2) is 18.2 Å². The molecule has 82 valence electrons. The summed E-state index contributed by atoms with van der Waals surface area (Å²) in [4.78, 5) is 10.5. The molecule has 0 spiro atoms. The maximum atomic E-state index is 10.9. The van der Waals surface area contributed by atoms with E-state index < -0.39 is 0 Å². The minimum Gasteiger partial charge on any atom is -0.497 e. The van der Waals surface area contributed by atoms with Gasteiger partial charge in [-0.1, -0.05) is 20.8 Å². The van der Waals surface area contributed by atoms with Crippen LogP contribution >= 0.6 is 0 Å². The molecule has 0 fully saturated rings. The van der Waals surface area contributed by atoms with Crippen LogP contribution in [0.5, 0.6) is 5.75 Å². The number of nitrogens with zero attached hydrogens (tertiary/aromatic N) is 1. The van der Waals surface area contributed by atoms with Crippen LogP contribution in [-0.4, -0.2) is 12.0 Å². The number of benzene rings is 1. The van der Waals surface area contributed by atoms with Crippen molar-refractivity contribution < 1.29 is 9.66 Å². The highest BCUT2D eigenvalue weighted by atomic mass is 16.6. The molecule has 1 aromatic carbocycles. The SMILES string of the molecule is COc1ccc(C(C)(C)C)c([N+](=O)[O-])c1. The molecule has 0 aliphatic rings. The summed E-state index contributed by atoms with van der Waals surface area (Å²) in [5.41, 5.74) is 0.587. The highest BCUT2D eigenvalue weighted by Crippen LogP contribution is 2.33. The van der Waals surface area contributed by atoms with Gasteiger partial charge in [0.25, 0.3) is 5.69 Å². The smallest absolute Gasteiger partial charge is 0.276 e. The normalized spacial score (nSPS) is 11.2. The van der Waals surface area contributed by atoms with Gasteiger partial charge in [0, 0.05) is 5.56 Å². The monoisotopic (exact) mass is 209 g/mol. The summed E-state index contributed by atoms with van der Waals surface area (Å²) < 4.78 is 4.97. The molecule has 0 atom stereocenters. The van der Waals surface area contributed by atoms with Gasteiger partial charge in [0.1, 0.15) is 5.75 Å². The lowest BCUT2D eigenvalue weighted by Crippen LogP contribution is -2.13. The summed E-state index contributed by atoms with van der Waals surface area (Å²) in [7, 11) is 1.50. The van der Waals surface area contributed by atoms with Gasteiger partial charge < -0.3 is 4.74 Å². The van der Waals surface area contributed by atoms with Gasteiger partial charge in [-0.25, -0.2) is 0 Å². The fraction of sp³-hybridized carbons (Fsp3) is 0.455. The third kappa shape index (κ3) is 2.46. The van der Waals surface area contributed by atoms with Crippen molar-refractivity contribution >= 4 is 5.69 Å². The van der Waals surface area contributed by atoms with Gasteiger partial charge in [-0.3, -0.25) is 10.1 Å². The minimum absolute atomic E-state index is 0.113. The Balaban J connectivity index is 3.34. The van der Waals surface area contributed by atoms with E-state index in [1.807, 2.05) is 20.8 Å². The quantitative estimate of drug-likeness (QED) is 0.556. The van der Waals surface area contributed by atoms with E-state index in [0.717, 1.165) is 0 Å². The Morgan fingerprint density at radius 3 is 2.33 bits per heavy atom. The number of hydrogen-bond donors (Lipinski definition) is 0. The average molecular weight is 209 g/mol. The van der Waals surface area contributed by atoms with Crippen molar-refractivity contribution in [3.63, 3.8) is 0 Å². The van der Waals surface area contributed by atoms with Gasteiger partial charge in [-0.05, 0) is 17.5 Å². The van der Waals surface area contributed by atoms with Crippen LogP contribution in [0.3, 0.4) is 0 Å². The van der Waals surface area contributed by atoms with Gasteiger partial charge in [-0.2, -0.15) is 0 Å². The van der Waals surface area contributed by atoms with Gasteiger partial charge in [-0.15, -0.1) is 0 Å². The summed E-state index contributed by atoms with van der Waals surface area (Å²) >= 11 is 0. The molecule has 4 heteroatoms. The summed E-state index contributed by atoms with van der Waals surface area (Å²) in [5, 5.41) is 10.9. The Morgan fingerprint density at radius 2 is 1.93 bits per heavy atom. The van der Waals surface area contributed by atoms with Crippen LogP contribution < -0.4 is 4.74 Å². The van der Waals surface area contributed by atoms with Crippen LogP contribution in [0.4, 0.5) is 5.69 Å². The van der Waals surface area contributed by atoms with Crippen LogP contribution in [0.25, 0.3) is 0 Å². The van der Waals surface area contributed by atoms with Crippen LogP contribution in [0.2, 0.25) is 0 Å². The molecule has 0 saturated carbocycles. The van der Waals surface area contributed by atoms with Gasteiger partial charge in [0.15, 0.2) is 0 Å². The number of nitro groups is 1. The van der Waals surface area contributed by atoms with Crippen molar-refractivity contribution in [3.8, 4) is 5.75 Å². The van der Waals surface area contributed by atoms with Crippen molar-refractivity contribution in [2.45, 2.75) is 26.2 Å². The molecule has 1 aromatic rings. The highest BCUT2D eigenvalue weighted by molar-refractivity contribution is 5.49. The lowest BCUT2D eigenvalue weighted by atomic mass is 9.86. The van der Waals surface area contributed by atoms with E-state index >= 15 is 0 Å². The Bertz CT molecular complexity index is 380. The molecule has 0 aliphatic heterocycles. The van der Waals surface area contributed by atoms with Crippen LogP contribution in [-0.2, 0) is 5.41 Å². The van der Waals surface area contributed by atoms with Gasteiger partial charge in [0.05, 0.1) is 18.1 Å². The molecule has 15 heavy (non-hydrogen) atoms. The summed E-state index contributed by atoms with van der Waals surface area (Å²) in [6, 6.07) is 4.95. The van der Waals surface area contributed by atoms with Crippen molar-refractivity contribution in [2.24, 2.45) is 0 Å². The molecule has 0 unspecified atom stereocenters. The maximum absolute atomic E-state index is 10.9. The van der Waals surface area contributed by atoms with Crippen molar-refractivity contribution in [1.82, 2.24) is 0 Å². The van der Waals surface area contributed by atoms with E-state index in [0.29, 0.717) is 11.3 Å². The predicted molar refractivity (Wildman–Crippen MR) is 58.3 cm³/mol. The number of ether oxygens (including phenoxy) is 1. The second-order valence-electron chi connectivity index (χ2n) is 4.39. The molecule has 0 aliphatic carbocycles. The van der Waals surface area contributed by atoms with E-state index in [1.54, 1.807) is 12.1 Å². The van der Waals surface area contributed by atoms with E-state index in [4.69, 9.17) is 4.74 Å². The van der Waals surface area contributed by atoms with E-state index in [9.17, 15) is 10.1 Å². The molecule has 1 rings (SSSR count). The molecule has 0 radical (unpaired) electrons. The topological polar surface area (TPSA) is 52.4 Å². The Kier molecular flexibility index (Phi) is 2.98. The first kappa shape index (κ1) is 11.5. The van der Waals surface area contributed by atoms with Crippen LogP contribution in [0.1, 0.15) is 26.3 Å². The molecule has 0 heterocycles. The first-order valence-corrected chi connectivity index (χ1v) is 4.69. The Hall–Kier alpha value is -1.58. The molecule has 0 saturated heterocycles. The molecular weight excluding hydrogens is 194 g/mol. The summed E-state index contributed by atoms with van der Waals surface area (Å²) in [6.07, 6.45) is 0. The van der Waals surface area contributed by atoms with Crippen molar-refractivity contribution in [2.75, 3.05) is 7.11 Å². The summed E-state index contributed by atoms with van der Waals surface area (Å²) in [5.74, 6) is 0.509. The standard InChI is InChI=1S/C11H15NO3/c1-11(2,3)9-6-5-8(15-4)7-10(9)12(13)14/h5-7H,1-4H3. The van der Waals surface area contributed by atoms with E-state index in [1.165, 1.54) is 13.2 Å². The largest absolute Gasteiger partial charge is 0.497 e. The molecule has 0 bridgehead atoms. The fourth-order valence-corrected chi connectivity index (χ4v) is 1.42. The highest BCUT2D eigenvalue weighted by Gasteiger charge is 2.24. The molecule has 0 amide bonds. The third-order valence-corrected chi connectivity index (χ3v) is 2.21. The van der Waals surface area contributed by atoms with Crippen LogP contribution in [0, 0.1) is 10.1 Å². The zero-order valence-corrected chi connectivity index (χ0v) is 9.40. The second-order valence-corrected chi connectivity index (χ2v) is 4.39. The molecule has 4 nitrogen and oxygen atoms in total. The number of rotatable bonds is 2. The van der Waals surface area contributed by atoms with Crippen molar-refractivity contribution in [3.05, 3.63) is 33.9 Å². The van der Waals surface area contributed by atoms with E-state index in [2.05, 4.69) is 0 Å². The van der Waals surface area contributed by atoms with Gasteiger partial charge >= 0.3 is 0 Å². The molecule has 0 N–H and O–H groups in total. The fourth-order valence-electron chi connectivity index (χ4n) is 1.42.